The number of ketones is 1. The molecule has 0 saturated heterocycles. The summed E-state index contributed by atoms with van der Waals surface area (Å²) in [5, 5.41) is 21.2. The zero-order valence-corrected chi connectivity index (χ0v) is 28.9. The summed E-state index contributed by atoms with van der Waals surface area (Å²) < 4.78 is 0. The molecule has 0 spiro atoms. The molecule has 0 aromatic heterocycles. The highest BCUT2D eigenvalue weighted by atomic mass is 16.3. The molecular formula is C39H54N4O4. The molecule has 1 atom stereocenters. The molecule has 1 aromatic carbocycles. The number of rotatable bonds is 10. The number of hydrogen-bond donors (Lipinski definition) is 2. The van der Waals surface area contributed by atoms with Crippen LogP contribution in [0.3, 0.4) is 0 Å². The predicted molar refractivity (Wildman–Crippen MR) is 188 cm³/mol. The van der Waals surface area contributed by atoms with Gasteiger partial charge in [0.1, 0.15) is 5.76 Å². The van der Waals surface area contributed by atoms with Gasteiger partial charge >= 0.3 is 0 Å². The van der Waals surface area contributed by atoms with Crippen molar-refractivity contribution >= 4 is 40.3 Å². The lowest BCUT2D eigenvalue weighted by Gasteiger charge is -2.41. The van der Waals surface area contributed by atoms with Gasteiger partial charge in [-0.05, 0) is 95.2 Å². The van der Waals surface area contributed by atoms with Crippen LogP contribution in [0.15, 0.2) is 40.2 Å². The molecule has 2 N–H and O–H groups in total. The van der Waals surface area contributed by atoms with E-state index in [1.165, 1.54) is 38.5 Å². The Morgan fingerprint density at radius 2 is 1.43 bits per heavy atom. The molecule has 8 nitrogen and oxygen atoms in total. The fourth-order valence-electron chi connectivity index (χ4n) is 9.19. The molecule has 1 heterocycles. The summed E-state index contributed by atoms with van der Waals surface area (Å²) in [5.74, 6) is 0.145. The number of allylic oxidation sites excluding steroid dienone is 2. The van der Waals surface area contributed by atoms with E-state index < -0.39 is 0 Å². The van der Waals surface area contributed by atoms with Crippen molar-refractivity contribution < 1.29 is 19.5 Å². The number of carbonyl (C=O) groups excluding carboxylic acids is 3. The van der Waals surface area contributed by atoms with Crippen LogP contribution in [0.1, 0.15) is 123 Å². The topological polar surface area (TPSA) is 102 Å². The fourth-order valence-corrected chi connectivity index (χ4v) is 9.19. The number of hydrogen-bond acceptors (Lipinski definition) is 6. The Morgan fingerprint density at radius 3 is 1.98 bits per heavy atom. The van der Waals surface area contributed by atoms with E-state index in [0.29, 0.717) is 34.7 Å². The number of benzene rings is 1. The lowest BCUT2D eigenvalue weighted by molar-refractivity contribution is -0.131. The first-order valence-electron chi connectivity index (χ1n) is 18.6. The molecular weight excluding hydrogens is 588 g/mol. The third-order valence-electron chi connectivity index (χ3n) is 11.9. The molecule has 1 aromatic rings. The molecule has 0 bridgehead atoms. The minimum absolute atomic E-state index is 0.0354. The Bertz CT molecular complexity index is 1450. The van der Waals surface area contributed by atoms with E-state index in [-0.39, 0.29) is 52.0 Å². The van der Waals surface area contributed by atoms with Crippen LogP contribution in [-0.4, -0.2) is 52.6 Å². The Kier molecular flexibility index (Phi) is 10.2. The minimum atomic E-state index is -0.371. The summed E-state index contributed by atoms with van der Waals surface area (Å²) in [5.41, 5.74) is 2.88. The van der Waals surface area contributed by atoms with E-state index in [1.807, 2.05) is 25.1 Å². The summed E-state index contributed by atoms with van der Waals surface area (Å²) in [4.78, 5) is 43.9. The van der Waals surface area contributed by atoms with Crippen molar-refractivity contribution in [3.05, 3.63) is 40.7 Å². The van der Waals surface area contributed by atoms with Crippen molar-refractivity contribution in [1.82, 2.24) is 5.01 Å². The minimum Gasteiger partial charge on any atom is -0.506 e. The van der Waals surface area contributed by atoms with E-state index >= 15 is 0 Å². The summed E-state index contributed by atoms with van der Waals surface area (Å²) in [7, 11) is 0. The van der Waals surface area contributed by atoms with E-state index in [0.717, 1.165) is 70.1 Å². The smallest absolute Gasteiger partial charge is 0.277 e. The summed E-state index contributed by atoms with van der Waals surface area (Å²) >= 11 is 0. The third kappa shape index (κ3) is 6.41. The van der Waals surface area contributed by atoms with Gasteiger partial charge in [0, 0.05) is 30.3 Å². The maximum absolute atomic E-state index is 14.2. The summed E-state index contributed by atoms with van der Waals surface area (Å²) in [6.07, 6.45) is 16.1. The Morgan fingerprint density at radius 1 is 0.872 bits per heavy atom. The molecule has 4 aliphatic carbocycles. The van der Waals surface area contributed by atoms with Gasteiger partial charge in [-0.3, -0.25) is 14.4 Å². The van der Waals surface area contributed by atoms with Crippen LogP contribution in [0.25, 0.3) is 5.57 Å². The van der Waals surface area contributed by atoms with Crippen molar-refractivity contribution in [2.45, 2.75) is 124 Å². The summed E-state index contributed by atoms with van der Waals surface area (Å²) in [6.45, 7) is 9.53. The van der Waals surface area contributed by atoms with Crippen LogP contribution in [0, 0.1) is 23.7 Å². The normalized spacial score (nSPS) is 23.9. The number of nitrogens with one attached hydrogen (secondary N) is 1. The zero-order valence-electron chi connectivity index (χ0n) is 28.9. The highest BCUT2D eigenvalue weighted by Gasteiger charge is 2.47. The zero-order chi connectivity index (χ0) is 33.2. The quantitative estimate of drug-likeness (QED) is 0.251. The molecule has 3 fully saturated rings. The van der Waals surface area contributed by atoms with Crippen LogP contribution < -0.4 is 10.2 Å². The van der Waals surface area contributed by atoms with Gasteiger partial charge in [0.25, 0.3) is 5.91 Å². The van der Waals surface area contributed by atoms with Gasteiger partial charge in [-0.15, -0.1) is 0 Å². The molecule has 47 heavy (non-hydrogen) atoms. The maximum atomic E-state index is 14.2. The molecule has 254 valence electrons. The second kappa shape index (κ2) is 14.4. The van der Waals surface area contributed by atoms with Gasteiger partial charge in [-0.25, -0.2) is 5.01 Å². The fraction of sp³-hybridized carbons (Fsp3) is 0.641. The molecule has 1 aliphatic heterocycles. The van der Waals surface area contributed by atoms with Gasteiger partial charge in [0.2, 0.25) is 11.7 Å². The molecule has 5 aliphatic rings. The van der Waals surface area contributed by atoms with Gasteiger partial charge in [-0.2, -0.15) is 5.10 Å². The van der Waals surface area contributed by atoms with Crippen molar-refractivity contribution in [3.63, 3.8) is 0 Å². The highest BCUT2D eigenvalue weighted by Crippen LogP contribution is 2.45. The van der Waals surface area contributed by atoms with E-state index in [2.05, 4.69) is 24.1 Å². The van der Waals surface area contributed by atoms with E-state index in [9.17, 15) is 19.5 Å². The van der Waals surface area contributed by atoms with Gasteiger partial charge in [0.05, 0.1) is 34.2 Å². The number of aliphatic hydroxyl groups is 1. The van der Waals surface area contributed by atoms with Crippen LogP contribution in [0.4, 0.5) is 11.4 Å². The van der Waals surface area contributed by atoms with Gasteiger partial charge in [-0.1, -0.05) is 58.3 Å². The number of aliphatic hydroxyl groups excluding tert-OH is 1. The van der Waals surface area contributed by atoms with E-state index in [1.54, 1.807) is 11.9 Å². The van der Waals surface area contributed by atoms with Crippen molar-refractivity contribution in [1.29, 1.82) is 0 Å². The van der Waals surface area contributed by atoms with Crippen LogP contribution in [0.5, 0.6) is 0 Å². The van der Waals surface area contributed by atoms with Crippen LogP contribution in [0.2, 0.25) is 0 Å². The standard InChI is InChI=1S/C39H54N4O4/c1-5-42(6-2)29-21-22-30(31(23-29)40-38(46)24(3)26-15-13-14-16-26)33-36(44)34(37(33)45)32-25(4)41-43(39(32)47)35(27-17-9-7-10-18-27)28-19-11-8-12-20-28/h21-24,26-28,35,44H,5-20H2,1-4H3,(H,40,46)/b34-32+. The molecule has 8 heteroatoms. The van der Waals surface area contributed by atoms with E-state index in [4.69, 9.17) is 5.10 Å². The van der Waals surface area contributed by atoms with Crippen molar-refractivity contribution in [2.75, 3.05) is 23.3 Å². The highest BCUT2D eigenvalue weighted by molar-refractivity contribution is 6.44. The van der Waals surface area contributed by atoms with Crippen LogP contribution in [-0.2, 0) is 14.4 Å². The predicted octanol–water partition coefficient (Wildman–Crippen LogP) is 8.19. The third-order valence-corrected chi connectivity index (χ3v) is 11.9. The number of nitrogens with zero attached hydrogens (tertiary/aromatic N) is 3. The first-order valence-corrected chi connectivity index (χ1v) is 18.6. The number of anilines is 2. The van der Waals surface area contributed by atoms with Crippen molar-refractivity contribution in [3.8, 4) is 0 Å². The van der Waals surface area contributed by atoms with Gasteiger partial charge in [0.15, 0.2) is 0 Å². The molecule has 6 rings (SSSR count). The van der Waals surface area contributed by atoms with Gasteiger partial charge < -0.3 is 15.3 Å². The average Bonchev–Trinajstić information content (AvgIpc) is 3.72. The molecule has 0 radical (unpaired) electrons. The summed E-state index contributed by atoms with van der Waals surface area (Å²) in [6, 6.07) is 5.70. The Balaban J connectivity index is 1.34. The molecule has 1 unspecified atom stereocenters. The lowest BCUT2D eigenvalue weighted by atomic mass is 9.73. The monoisotopic (exact) mass is 642 g/mol. The maximum Gasteiger partial charge on any atom is 0.277 e. The average molecular weight is 643 g/mol. The second-order valence-corrected chi connectivity index (χ2v) is 14.6. The molecule has 2 amide bonds. The van der Waals surface area contributed by atoms with Crippen molar-refractivity contribution in [2.24, 2.45) is 28.8 Å². The largest absolute Gasteiger partial charge is 0.506 e. The number of hydrazone groups is 1. The first-order chi connectivity index (χ1) is 22.7. The Hall–Kier alpha value is -3.42. The first kappa shape index (κ1) is 33.5. The van der Waals surface area contributed by atoms with Crippen LogP contribution >= 0.6 is 0 Å². The second-order valence-electron chi connectivity index (χ2n) is 14.6. The Labute approximate surface area is 280 Å². The number of amides is 2. The number of Topliss-reactive ketones (excluding diaryl/α,β-unsaturated/α-hetero) is 1. The SMILES string of the molecule is CCN(CC)c1ccc(C2=C(O)/C(=C3\C(=O)N(C(C4CCCCC4)C4CCCCC4)N=C3C)C2=O)c(NC(=O)C(C)C2CCCC2)c1. The molecule has 3 saturated carbocycles. The number of carbonyl (C=O) groups is 3. The lowest BCUT2D eigenvalue weighted by Crippen LogP contribution is -2.46.